The molecular weight excluding hydrogens is 238 g/mol. The first kappa shape index (κ1) is 14.2. The summed E-state index contributed by atoms with van der Waals surface area (Å²) in [5, 5.41) is 6.57. The number of esters is 1. The predicted molar refractivity (Wildman–Crippen MR) is 63.1 cm³/mol. The second-order valence-corrected chi connectivity index (χ2v) is 3.49. The van der Waals surface area contributed by atoms with Gasteiger partial charge in [0.05, 0.1) is 25.0 Å². The van der Waals surface area contributed by atoms with Crippen LogP contribution in [0.25, 0.3) is 0 Å². The fourth-order valence-electron chi connectivity index (χ4n) is 1.27. The highest BCUT2D eigenvalue weighted by atomic mass is 16.5. The van der Waals surface area contributed by atoms with Gasteiger partial charge in [0.2, 0.25) is 5.91 Å². The highest BCUT2D eigenvalue weighted by molar-refractivity contribution is 5.88. The molecule has 0 aliphatic heterocycles. The van der Waals surface area contributed by atoms with E-state index in [-0.39, 0.29) is 12.5 Å². The molecule has 100 valence electrons. The van der Waals surface area contributed by atoms with Crippen LogP contribution in [-0.2, 0) is 20.8 Å². The Morgan fingerprint density at radius 1 is 1.50 bits per heavy atom. The van der Waals surface area contributed by atoms with Gasteiger partial charge >= 0.3 is 5.97 Å². The normalized spacial score (nSPS) is 10.1. The highest BCUT2D eigenvalue weighted by Gasteiger charge is 2.10. The molecule has 0 atom stereocenters. The molecule has 18 heavy (non-hydrogen) atoms. The van der Waals surface area contributed by atoms with Crippen molar-refractivity contribution in [1.82, 2.24) is 15.1 Å². The van der Waals surface area contributed by atoms with Crippen molar-refractivity contribution in [2.75, 3.05) is 26.9 Å². The summed E-state index contributed by atoms with van der Waals surface area (Å²) in [6.45, 7) is 3.00. The lowest BCUT2D eigenvalue weighted by Crippen LogP contribution is -2.30. The van der Waals surface area contributed by atoms with Crippen LogP contribution in [0.5, 0.6) is 0 Å². The van der Waals surface area contributed by atoms with Crippen LogP contribution in [-0.4, -0.2) is 48.5 Å². The first-order valence-corrected chi connectivity index (χ1v) is 5.62. The number of aromatic nitrogens is 2. The van der Waals surface area contributed by atoms with Crippen LogP contribution in [0.3, 0.4) is 0 Å². The Balaban J connectivity index is 2.43. The number of carbonyl (C=O) groups excluding carboxylic acids is 2. The summed E-state index contributed by atoms with van der Waals surface area (Å²) in [7, 11) is 1.56. The summed E-state index contributed by atoms with van der Waals surface area (Å²) in [4.78, 5) is 22.8. The van der Waals surface area contributed by atoms with Crippen LogP contribution >= 0.6 is 0 Å². The van der Waals surface area contributed by atoms with Crippen LogP contribution < -0.4 is 5.32 Å². The van der Waals surface area contributed by atoms with Crippen molar-refractivity contribution in [2.24, 2.45) is 0 Å². The van der Waals surface area contributed by atoms with E-state index in [1.54, 1.807) is 14.0 Å². The zero-order valence-electron chi connectivity index (χ0n) is 10.5. The zero-order valence-corrected chi connectivity index (χ0v) is 10.5. The molecule has 1 aromatic heterocycles. The third-order valence-electron chi connectivity index (χ3n) is 2.08. The topological polar surface area (TPSA) is 82.5 Å². The number of nitrogens with one attached hydrogen (secondary N) is 1. The highest BCUT2D eigenvalue weighted by Crippen LogP contribution is 2.00. The van der Waals surface area contributed by atoms with Crippen LogP contribution in [0.2, 0.25) is 0 Å². The van der Waals surface area contributed by atoms with E-state index in [1.165, 1.54) is 17.1 Å². The molecule has 0 fully saturated rings. The van der Waals surface area contributed by atoms with E-state index in [1.807, 2.05) is 0 Å². The van der Waals surface area contributed by atoms with Gasteiger partial charge in [0.1, 0.15) is 6.54 Å². The van der Waals surface area contributed by atoms with E-state index in [9.17, 15) is 9.59 Å². The standard InChI is InChI=1S/C11H17N3O4/c1-3-18-11(16)9-6-13-14(7-9)8-10(15)12-4-5-17-2/h6-7H,3-5,8H2,1-2H3,(H,12,15). The molecule has 7 nitrogen and oxygen atoms in total. The fourth-order valence-corrected chi connectivity index (χ4v) is 1.27. The molecule has 0 aliphatic carbocycles. The molecule has 1 aromatic rings. The monoisotopic (exact) mass is 255 g/mol. The molecular formula is C11H17N3O4. The van der Waals surface area contributed by atoms with Crippen molar-refractivity contribution in [1.29, 1.82) is 0 Å². The molecule has 0 bridgehead atoms. The van der Waals surface area contributed by atoms with Crippen molar-refractivity contribution in [3.63, 3.8) is 0 Å². The van der Waals surface area contributed by atoms with Gasteiger partial charge in [-0.3, -0.25) is 9.48 Å². The van der Waals surface area contributed by atoms with Gasteiger partial charge < -0.3 is 14.8 Å². The quantitative estimate of drug-likeness (QED) is 0.540. The Morgan fingerprint density at radius 3 is 2.94 bits per heavy atom. The molecule has 1 heterocycles. The third-order valence-corrected chi connectivity index (χ3v) is 2.08. The molecule has 0 radical (unpaired) electrons. The minimum atomic E-state index is -0.441. The largest absolute Gasteiger partial charge is 0.462 e. The first-order valence-electron chi connectivity index (χ1n) is 5.62. The molecule has 7 heteroatoms. The molecule has 0 aliphatic rings. The maximum absolute atomic E-state index is 11.4. The van der Waals surface area contributed by atoms with E-state index in [4.69, 9.17) is 9.47 Å². The summed E-state index contributed by atoms with van der Waals surface area (Å²) < 4.78 is 11.0. The number of hydrogen-bond donors (Lipinski definition) is 1. The molecule has 0 aromatic carbocycles. The van der Waals surface area contributed by atoms with Crippen LogP contribution in [0, 0.1) is 0 Å². The Labute approximate surface area is 105 Å². The zero-order chi connectivity index (χ0) is 13.4. The van der Waals surface area contributed by atoms with Crippen LogP contribution in [0.1, 0.15) is 17.3 Å². The van der Waals surface area contributed by atoms with Gasteiger partial charge in [0, 0.05) is 19.9 Å². The molecule has 0 saturated heterocycles. The Kier molecular flexibility index (Phi) is 5.86. The average Bonchev–Trinajstić information content (AvgIpc) is 2.78. The lowest BCUT2D eigenvalue weighted by molar-refractivity contribution is -0.122. The van der Waals surface area contributed by atoms with Gasteiger partial charge in [-0.2, -0.15) is 5.10 Å². The number of carbonyl (C=O) groups is 2. The second-order valence-electron chi connectivity index (χ2n) is 3.49. The minimum Gasteiger partial charge on any atom is -0.462 e. The molecule has 0 unspecified atom stereocenters. The Bertz CT molecular complexity index is 403. The molecule has 1 rings (SSSR count). The summed E-state index contributed by atoms with van der Waals surface area (Å²) >= 11 is 0. The third kappa shape index (κ3) is 4.54. The van der Waals surface area contributed by atoms with Crippen molar-refractivity contribution in [3.05, 3.63) is 18.0 Å². The molecule has 1 amide bonds. The van der Waals surface area contributed by atoms with Crippen LogP contribution in [0.4, 0.5) is 0 Å². The number of ether oxygens (including phenoxy) is 2. The summed E-state index contributed by atoms with van der Waals surface area (Å²) in [6, 6.07) is 0. The number of methoxy groups -OCH3 is 1. The molecule has 1 N–H and O–H groups in total. The van der Waals surface area contributed by atoms with Gasteiger partial charge in [-0.1, -0.05) is 0 Å². The smallest absolute Gasteiger partial charge is 0.341 e. The number of nitrogens with zero attached hydrogens (tertiary/aromatic N) is 2. The van der Waals surface area contributed by atoms with Crippen molar-refractivity contribution >= 4 is 11.9 Å². The van der Waals surface area contributed by atoms with Gasteiger partial charge in [-0.25, -0.2) is 4.79 Å². The summed E-state index contributed by atoms with van der Waals surface area (Å²) in [5.74, 6) is -0.630. The number of amides is 1. The fraction of sp³-hybridized carbons (Fsp3) is 0.545. The SMILES string of the molecule is CCOC(=O)c1cnn(CC(=O)NCCOC)c1. The average molecular weight is 255 g/mol. The summed E-state index contributed by atoms with van der Waals surface area (Å²) in [5.41, 5.74) is 0.335. The van der Waals surface area contributed by atoms with E-state index in [0.29, 0.717) is 25.3 Å². The number of rotatable bonds is 7. The maximum atomic E-state index is 11.4. The predicted octanol–water partition coefficient (Wildman–Crippen LogP) is -0.178. The van der Waals surface area contributed by atoms with Crippen LogP contribution in [0.15, 0.2) is 12.4 Å². The van der Waals surface area contributed by atoms with Crippen molar-refractivity contribution in [2.45, 2.75) is 13.5 Å². The van der Waals surface area contributed by atoms with E-state index < -0.39 is 5.97 Å². The van der Waals surface area contributed by atoms with Crippen molar-refractivity contribution in [3.8, 4) is 0 Å². The Hall–Kier alpha value is -1.89. The summed E-state index contributed by atoms with van der Waals surface area (Å²) in [6.07, 6.45) is 2.86. The number of hydrogen-bond acceptors (Lipinski definition) is 5. The van der Waals surface area contributed by atoms with E-state index in [2.05, 4.69) is 10.4 Å². The minimum absolute atomic E-state index is 0.0587. The molecule has 0 spiro atoms. The lowest BCUT2D eigenvalue weighted by atomic mass is 10.4. The van der Waals surface area contributed by atoms with Gasteiger partial charge in [-0.05, 0) is 6.92 Å². The van der Waals surface area contributed by atoms with E-state index >= 15 is 0 Å². The first-order chi connectivity index (χ1) is 8.67. The van der Waals surface area contributed by atoms with Gasteiger partial charge in [0.15, 0.2) is 0 Å². The van der Waals surface area contributed by atoms with Gasteiger partial charge in [0.25, 0.3) is 0 Å². The lowest BCUT2D eigenvalue weighted by Gasteiger charge is -2.04. The van der Waals surface area contributed by atoms with Gasteiger partial charge in [-0.15, -0.1) is 0 Å². The maximum Gasteiger partial charge on any atom is 0.341 e. The molecule has 0 saturated carbocycles. The van der Waals surface area contributed by atoms with E-state index in [0.717, 1.165) is 0 Å². The van der Waals surface area contributed by atoms with Crippen molar-refractivity contribution < 1.29 is 19.1 Å². The Morgan fingerprint density at radius 2 is 2.28 bits per heavy atom. The second kappa shape index (κ2) is 7.44.